The molecule has 0 aliphatic rings. The SMILES string of the molecule is Cc1ccc(CCC(=O)Nc2ccccc2C(=O)c2ccccc2)cc1C. The Morgan fingerprint density at radius 2 is 1.52 bits per heavy atom. The Hall–Kier alpha value is -3.20. The maximum atomic E-state index is 12.7. The maximum absolute atomic E-state index is 12.7. The zero-order valence-corrected chi connectivity index (χ0v) is 15.7. The minimum absolute atomic E-state index is 0.0958. The van der Waals surface area contributed by atoms with Gasteiger partial charge in [-0.1, -0.05) is 60.7 Å². The zero-order valence-electron chi connectivity index (χ0n) is 15.7. The molecule has 136 valence electrons. The van der Waals surface area contributed by atoms with Crippen LogP contribution >= 0.6 is 0 Å². The van der Waals surface area contributed by atoms with E-state index in [0.717, 1.165) is 5.56 Å². The predicted molar refractivity (Wildman–Crippen MR) is 109 cm³/mol. The molecule has 0 spiro atoms. The van der Waals surface area contributed by atoms with Gasteiger partial charge in [-0.25, -0.2) is 0 Å². The van der Waals surface area contributed by atoms with Gasteiger partial charge in [0.2, 0.25) is 5.91 Å². The van der Waals surface area contributed by atoms with Crippen LogP contribution in [-0.2, 0) is 11.2 Å². The maximum Gasteiger partial charge on any atom is 0.224 e. The summed E-state index contributed by atoms with van der Waals surface area (Å²) in [4.78, 5) is 25.2. The number of ketones is 1. The number of amides is 1. The molecule has 0 saturated carbocycles. The minimum Gasteiger partial charge on any atom is -0.325 e. The van der Waals surface area contributed by atoms with Gasteiger partial charge in [0.05, 0.1) is 5.69 Å². The average Bonchev–Trinajstić information content (AvgIpc) is 2.69. The molecule has 0 saturated heterocycles. The summed E-state index contributed by atoms with van der Waals surface area (Å²) in [5.74, 6) is -0.192. The number of carbonyl (C=O) groups is 2. The van der Waals surface area contributed by atoms with E-state index in [-0.39, 0.29) is 11.7 Å². The van der Waals surface area contributed by atoms with Gasteiger partial charge in [-0.05, 0) is 49.1 Å². The van der Waals surface area contributed by atoms with Gasteiger partial charge in [-0.2, -0.15) is 0 Å². The Labute approximate surface area is 160 Å². The largest absolute Gasteiger partial charge is 0.325 e. The first-order valence-corrected chi connectivity index (χ1v) is 9.09. The van der Waals surface area contributed by atoms with E-state index in [2.05, 4.69) is 37.4 Å². The molecule has 0 bridgehead atoms. The van der Waals surface area contributed by atoms with Crippen molar-refractivity contribution in [2.45, 2.75) is 26.7 Å². The smallest absolute Gasteiger partial charge is 0.224 e. The molecule has 0 aromatic heterocycles. The molecule has 3 rings (SSSR count). The number of rotatable bonds is 6. The Bertz CT molecular complexity index is 961. The first-order chi connectivity index (χ1) is 13.0. The van der Waals surface area contributed by atoms with Crippen molar-refractivity contribution in [2.75, 3.05) is 5.32 Å². The van der Waals surface area contributed by atoms with Crippen molar-refractivity contribution in [3.63, 3.8) is 0 Å². The molecule has 0 unspecified atom stereocenters. The molecule has 0 atom stereocenters. The predicted octanol–water partition coefficient (Wildman–Crippen LogP) is 5.11. The Morgan fingerprint density at radius 1 is 0.815 bits per heavy atom. The quantitative estimate of drug-likeness (QED) is 0.624. The van der Waals surface area contributed by atoms with Crippen molar-refractivity contribution in [3.8, 4) is 0 Å². The zero-order chi connectivity index (χ0) is 19.2. The van der Waals surface area contributed by atoms with E-state index in [1.807, 2.05) is 24.3 Å². The van der Waals surface area contributed by atoms with E-state index in [1.54, 1.807) is 30.3 Å². The Balaban J connectivity index is 1.69. The lowest BCUT2D eigenvalue weighted by molar-refractivity contribution is -0.116. The third-order valence-electron chi connectivity index (χ3n) is 4.69. The average molecular weight is 357 g/mol. The van der Waals surface area contributed by atoms with Crippen LogP contribution in [-0.4, -0.2) is 11.7 Å². The Morgan fingerprint density at radius 3 is 2.26 bits per heavy atom. The molecule has 0 aliphatic heterocycles. The topological polar surface area (TPSA) is 46.2 Å². The molecule has 0 aliphatic carbocycles. The van der Waals surface area contributed by atoms with Gasteiger partial charge in [0.15, 0.2) is 5.78 Å². The molecule has 0 radical (unpaired) electrons. The van der Waals surface area contributed by atoms with Crippen molar-refractivity contribution >= 4 is 17.4 Å². The molecule has 1 N–H and O–H groups in total. The lowest BCUT2D eigenvalue weighted by Gasteiger charge is -2.11. The van der Waals surface area contributed by atoms with Crippen molar-refractivity contribution in [3.05, 3.63) is 101 Å². The number of hydrogen-bond donors (Lipinski definition) is 1. The molecule has 3 aromatic rings. The van der Waals surface area contributed by atoms with Gasteiger partial charge in [0, 0.05) is 17.5 Å². The molecule has 1 amide bonds. The normalized spacial score (nSPS) is 10.4. The summed E-state index contributed by atoms with van der Waals surface area (Å²) < 4.78 is 0. The lowest BCUT2D eigenvalue weighted by Crippen LogP contribution is -2.15. The molecular weight excluding hydrogens is 334 g/mol. The third-order valence-corrected chi connectivity index (χ3v) is 4.69. The van der Waals surface area contributed by atoms with E-state index < -0.39 is 0 Å². The van der Waals surface area contributed by atoms with E-state index in [0.29, 0.717) is 29.7 Å². The van der Waals surface area contributed by atoms with Crippen LogP contribution in [0.2, 0.25) is 0 Å². The van der Waals surface area contributed by atoms with E-state index in [4.69, 9.17) is 0 Å². The van der Waals surface area contributed by atoms with Gasteiger partial charge in [0.1, 0.15) is 0 Å². The monoisotopic (exact) mass is 357 g/mol. The summed E-state index contributed by atoms with van der Waals surface area (Å²) in [6, 6.07) is 22.5. The van der Waals surface area contributed by atoms with Crippen LogP contribution < -0.4 is 5.32 Å². The molecule has 3 aromatic carbocycles. The van der Waals surface area contributed by atoms with Crippen molar-refractivity contribution in [2.24, 2.45) is 0 Å². The summed E-state index contributed by atoms with van der Waals surface area (Å²) in [5, 5.41) is 2.90. The number of carbonyl (C=O) groups excluding carboxylic acids is 2. The second-order valence-corrected chi connectivity index (χ2v) is 6.71. The fourth-order valence-corrected chi connectivity index (χ4v) is 2.96. The van der Waals surface area contributed by atoms with E-state index >= 15 is 0 Å². The number of para-hydroxylation sites is 1. The number of hydrogen-bond acceptors (Lipinski definition) is 2. The van der Waals surface area contributed by atoms with Crippen LogP contribution in [0.5, 0.6) is 0 Å². The third kappa shape index (κ3) is 4.70. The fraction of sp³-hybridized carbons (Fsp3) is 0.167. The van der Waals surface area contributed by atoms with Crippen molar-refractivity contribution in [1.82, 2.24) is 0 Å². The number of anilines is 1. The molecule has 3 heteroatoms. The first-order valence-electron chi connectivity index (χ1n) is 9.09. The van der Waals surface area contributed by atoms with Crippen LogP contribution in [0.15, 0.2) is 72.8 Å². The van der Waals surface area contributed by atoms with Crippen molar-refractivity contribution < 1.29 is 9.59 Å². The molecule has 3 nitrogen and oxygen atoms in total. The van der Waals surface area contributed by atoms with Gasteiger partial charge >= 0.3 is 0 Å². The van der Waals surface area contributed by atoms with Gasteiger partial charge < -0.3 is 5.32 Å². The number of aryl methyl sites for hydroxylation is 3. The fourth-order valence-electron chi connectivity index (χ4n) is 2.96. The van der Waals surface area contributed by atoms with Crippen LogP contribution in [0.3, 0.4) is 0 Å². The second kappa shape index (κ2) is 8.45. The van der Waals surface area contributed by atoms with Crippen LogP contribution in [0.25, 0.3) is 0 Å². The summed E-state index contributed by atoms with van der Waals surface area (Å²) in [5.41, 5.74) is 5.28. The van der Waals surface area contributed by atoms with Gasteiger partial charge in [-0.15, -0.1) is 0 Å². The highest BCUT2D eigenvalue weighted by molar-refractivity contribution is 6.13. The molecule has 0 heterocycles. The van der Waals surface area contributed by atoms with Gasteiger partial charge in [0.25, 0.3) is 0 Å². The highest BCUT2D eigenvalue weighted by atomic mass is 16.1. The minimum atomic E-state index is -0.0966. The first kappa shape index (κ1) is 18.6. The highest BCUT2D eigenvalue weighted by Gasteiger charge is 2.14. The number of nitrogens with one attached hydrogen (secondary N) is 1. The standard InChI is InChI=1S/C24H23NO2/c1-17-12-13-19(16-18(17)2)14-15-23(26)25-22-11-7-6-10-21(22)24(27)20-8-4-3-5-9-20/h3-13,16H,14-15H2,1-2H3,(H,25,26). The van der Waals surface area contributed by atoms with Crippen LogP contribution in [0.4, 0.5) is 5.69 Å². The highest BCUT2D eigenvalue weighted by Crippen LogP contribution is 2.20. The lowest BCUT2D eigenvalue weighted by atomic mass is 10.0. The summed E-state index contributed by atoms with van der Waals surface area (Å²) in [6.07, 6.45) is 1.04. The molecule has 0 fully saturated rings. The van der Waals surface area contributed by atoms with E-state index in [9.17, 15) is 9.59 Å². The summed E-state index contributed by atoms with van der Waals surface area (Å²) >= 11 is 0. The van der Waals surface area contributed by atoms with Crippen LogP contribution in [0, 0.1) is 13.8 Å². The van der Waals surface area contributed by atoms with Crippen LogP contribution in [0.1, 0.15) is 39.0 Å². The van der Waals surface area contributed by atoms with E-state index in [1.165, 1.54) is 11.1 Å². The number of benzene rings is 3. The summed E-state index contributed by atoms with van der Waals surface area (Å²) in [7, 11) is 0. The van der Waals surface area contributed by atoms with Crippen molar-refractivity contribution in [1.29, 1.82) is 0 Å². The summed E-state index contributed by atoms with van der Waals surface area (Å²) in [6.45, 7) is 4.15. The Kier molecular flexibility index (Phi) is 5.82. The molecule has 27 heavy (non-hydrogen) atoms. The second-order valence-electron chi connectivity index (χ2n) is 6.71. The molecular formula is C24H23NO2. The van der Waals surface area contributed by atoms with Gasteiger partial charge in [-0.3, -0.25) is 9.59 Å².